The van der Waals surface area contributed by atoms with E-state index in [1.165, 1.54) is 16.2 Å². The molecule has 130 valence electrons. The summed E-state index contributed by atoms with van der Waals surface area (Å²) in [6.45, 7) is 2.13. The van der Waals surface area contributed by atoms with E-state index in [1.54, 1.807) is 6.92 Å². The number of aromatic nitrogens is 2. The highest BCUT2D eigenvalue weighted by Gasteiger charge is 2.19. The maximum Gasteiger partial charge on any atom is 0.142 e. The molecule has 2 aromatic heterocycles. The minimum absolute atomic E-state index is 0.338. The fourth-order valence-electron chi connectivity index (χ4n) is 2.96. The van der Waals surface area contributed by atoms with Gasteiger partial charge in [-0.25, -0.2) is 4.68 Å². The van der Waals surface area contributed by atoms with Gasteiger partial charge in [-0.05, 0) is 25.1 Å². The number of anilines is 1. The molecule has 0 aliphatic heterocycles. The van der Waals surface area contributed by atoms with Gasteiger partial charge in [0.1, 0.15) is 16.6 Å². The van der Waals surface area contributed by atoms with Crippen LogP contribution in [0.15, 0.2) is 66.7 Å². The average Bonchev–Trinajstić information content (AvgIpc) is 3.23. The lowest BCUT2D eigenvalue weighted by molar-refractivity contribution is -0.246. The lowest BCUT2D eigenvalue weighted by atomic mass is 10.1. The number of carboxylic acid groups (broad SMARTS) is 1. The second kappa shape index (κ2) is 6.65. The van der Waals surface area contributed by atoms with Gasteiger partial charge in [-0.15, -0.1) is 0 Å². The van der Waals surface area contributed by atoms with Gasteiger partial charge in [-0.1, -0.05) is 59.9 Å². The minimum atomic E-state index is -1.20. The molecule has 2 aromatic carbocycles. The molecule has 2 heterocycles. The number of carbonyl (C=O) groups excluding carboxylic acids is 1. The van der Waals surface area contributed by atoms with Crippen molar-refractivity contribution >= 4 is 32.6 Å². The van der Waals surface area contributed by atoms with Crippen LogP contribution in [0.4, 0.5) is 9.80 Å². The van der Waals surface area contributed by atoms with Gasteiger partial charge in [-0.3, -0.25) is 0 Å². The molecular formula is C20H16N3O2S-. The van der Waals surface area contributed by atoms with E-state index >= 15 is 0 Å². The maximum absolute atomic E-state index is 11.4. The lowest BCUT2D eigenvalue weighted by Gasteiger charge is -2.20. The number of amides is 1. The Labute approximate surface area is 154 Å². The number of thiophene rings is 1. The standard InChI is InChI=1S/C20H17N3O2S/c1-2-22(20(24)25)17-13-16-18(14-9-5-3-6-10-14)21-23(19(16)26-17)15-11-7-4-8-12-15/h3-13H,2H2,1H3,(H,24,25)/p-1. The monoisotopic (exact) mass is 362 g/mol. The molecule has 0 unspecified atom stereocenters. The zero-order chi connectivity index (χ0) is 18.1. The van der Waals surface area contributed by atoms with Gasteiger partial charge in [-0.2, -0.15) is 5.10 Å². The first-order valence-electron chi connectivity index (χ1n) is 8.31. The second-order valence-electron chi connectivity index (χ2n) is 5.78. The molecule has 0 saturated heterocycles. The van der Waals surface area contributed by atoms with Crippen molar-refractivity contribution < 1.29 is 9.90 Å². The molecule has 0 N–H and O–H groups in total. The second-order valence-corrected chi connectivity index (χ2v) is 6.78. The van der Waals surface area contributed by atoms with Crippen molar-refractivity contribution in [1.29, 1.82) is 0 Å². The fourth-order valence-corrected chi connectivity index (χ4v) is 4.14. The van der Waals surface area contributed by atoms with Crippen LogP contribution in [0.2, 0.25) is 0 Å². The van der Waals surface area contributed by atoms with Crippen LogP contribution in [0.1, 0.15) is 6.92 Å². The Morgan fingerprint density at radius 1 is 1.12 bits per heavy atom. The summed E-state index contributed by atoms with van der Waals surface area (Å²) in [6, 6.07) is 21.6. The summed E-state index contributed by atoms with van der Waals surface area (Å²) in [4.78, 5) is 13.6. The molecule has 4 aromatic rings. The Morgan fingerprint density at radius 2 is 1.77 bits per heavy atom. The van der Waals surface area contributed by atoms with Crippen LogP contribution >= 0.6 is 11.3 Å². The largest absolute Gasteiger partial charge is 0.530 e. The van der Waals surface area contributed by atoms with E-state index in [9.17, 15) is 9.90 Å². The number of carbonyl (C=O) groups is 1. The van der Waals surface area contributed by atoms with Gasteiger partial charge in [0, 0.05) is 17.5 Å². The smallest absolute Gasteiger partial charge is 0.142 e. The number of hydrogen-bond acceptors (Lipinski definition) is 4. The van der Waals surface area contributed by atoms with Crippen molar-refractivity contribution in [3.05, 3.63) is 66.7 Å². The third-order valence-corrected chi connectivity index (χ3v) is 5.33. The summed E-state index contributed by atoms with van der Waals surface area (Å²) >= 11 is 1.40. The highest BCUT2D eigenvalue weighted by atomic mass is 32.1. The molecule has 0 aliphatic rings. The van der Waals surface area contributed by atoms with E-state index in [4.69, 9.17) is 5.10 Å². The Bertz CT molecular complexity index is 983. The molecular weight excluding hydrogens is 346 g/mol. The molecule has 0 fully saturated rings. The molecule has 26 heavy (non-hydrogen) atoms. The molecule has 0 atom stereocenters. The first-order valence-corrected chi connectivity index (χ1v) is 9.12. The minimum Gasteiger partial charge on any atom is -0.530 e. The summed E-state index contributed by atoms with van der Waals surface area (Å²) in [5.41, 5.74) is 2.76. The number of para-hydroxylation sites is 1. The predicted molar refractivity (Wildman–Crippen MR) is 103 cm³/mol. The zero-order valence-electron chi connectivity index (χ0n) is 14.1. The molecule has 0 bridgehead atoms. The maximum atomic E-state index is 11.4. The fraction of sp³-hybridized carbons (Fsp3) is 0.100. The van der Waals surface area contributed by atoms with E-state index in [0.29, 0.717) is 11.5 Å². The highest BCUT2D eigenvalue weighted by molar-refractivity contribution is 7.22. The predicted octanol–water partition coefficient (Wildman–Crippen LogP) is 3.92. The van der Waals surface area contributed by atoms with Gasteiger partial charge < -0.3 is 14.8 Å². The topological polar surface area (TPSA) is 61.2 Å². The van der Waals surface area contributed by atoms with Crippen molar-refractivity contribution in [3.63, 3.8) is 0 Å². The number of benzene rings is 2. The summed E-state index contributed by atoms with van der Waals surface area (Å²) < 4.78 is 1.87. The Kier molecular flexibility index (Phi) is 4.18. The summed E-state index contributed by atoms with van der Waals surface area (Å²) in [7, 11) is 0. The Balaban J connectivity index is 1.97. The normalized spacial score (nSPS) is 11.0. The quantitative estimate of drug-likeness (QED) is 0.553. The number of nitrogens with zero attached hydrogens (tertiary/aromatic N) is 3. The molecule has 0 spiro atoms. The van der Waals surface area contributed by atoms with E-state index < -0.39 is 6.09 Å². The molecule has 0 aliphatic carbocycles. The van der Waals surface area contributed by atoms with Crippen LogP contribution in [0, 0.1) is 0 Å². The number of rotatable bonds is 4. The van der Waals surface area contributed by atoms with Gasteiger partial charge in [0.2, 0.25) is 0 Å². The molecule has 6 heteroatoms. The first kappa shape index (κ1) is 16.4. The van der Waals surface area contributed by atoms with Crippen LogP contribution in [-0.4, -0.2) is 22.4 Å². The Morgan fingerprint density at radius 3 is 2.38 bits per heavy atom. The molecule has 0 radical (unpaired) electrons. The van der Waals surface area contributed by atoms with E-state index in [2.05, 4.69) is 0 Å². The highest BCUT2D eigenvalue weighted by Crippen LogP contribution is 2.39. The molecule has 0 saturated carbocycles. The third-order valence-electron chi connectivity index (χ3n) is 4.20. The van der Waals surface area contributed by atoms with E-state index in [-0.39, 0.29) is 0 Å². The summed E-state index contributed by atoms with van der Waals surface area (Å²) in [5, 5.41) is 17.8. The van der Waals surface area contributed by atoms with Gasteiger partial charge in [0.25, 0.3) is 0 Å². The van der Waals surface area contributed by atoms with Crippen molar-refractivity contribution in [2.24, 2.45) is 0 Å². The van der Waals surface area contributed by atoms with Gasteiger partial charge in [0.15, 0.2) is 0 Å². The van der Waals surface area contributed by atoms with Crippen LogP contribution in [-0.2, 0) is 0 Å². The van der Waals surface area contributed by atoms with Crippen molar-refractivity contribution in [2.45, 2.75) is 6.92 Å². The van der Waals surface area contributed by atoms with Crippen LogP contribution in [0.25, 0.3) is 27.2 Å². The van der Waals surface area contributed by atoms with Crippen LogP contribution < -0.4 is 10.0 Å². The molecule has 1 amide bonds. The van der Waals surface area contributed by atoms with Gasteiger partial charge >= 0.3 is 0 Å². The van der Waals surface area contributed by atoms with Crippen molar-refractivity contribution in [3.8, 4) is 16.9 Å². The lowest BCUT2D eigenvalue weighted by Crippen LogP contribution is -2.40. The first-order chi connectivity index (χ1) is 12.7. The number of hydrogen-bond donors (Lipinski definition) is 0. The molecule has 4 rings (SSSR count). The Hall–Kier alpha value is -3.12. The van der Waals surface area contributed by atoms with E-state index in [1.807, 2.05) is 71.4 Å². The van der Waals surface area contributed by atoms with Crippen molar-refractivity contribution in [1.82, 2.24) is 9.78 Å². The summed E-state index contributed by atoms with van der Waals surface area (Å²) in [6.07, 6.45) is -1.20. The van der Waals surface area contributed by atoms with Crippen LogP contribution in [0.3, 0.4) is 0 Å². The van der Waals surface area contributed by atoms with Crippen molar-refractivity contribution in [2.75, 3.05) is 11.4 Å². The number of fused-ring (bicyclic) bond motifs is 1. The van der Waals surface area contributed by atoms with E-state index in [0.717, 1.165) is 27.2 Å². The van der Waals surface area contributed by atoms with Gasteiger partial charge in [0.05, 0.1) is 10.7 Å². The molecule has 5 nitrogen and oxygen atoms in total. The third kappa shape index (κ3) is 2.74. The summed E-state index contributed by atoms with van der Waals surface area (Å²) in [5.74, 6) is 0. The SMILES string of the molecule is CCN(C(=O)[O-])c1cc2c(-c3ccccc3)nn(-c3ccccc3)c2s1. The zero-order valence-corrected chi connectivity index (χ0v) is 14.9. The average molecular weight is 362 g/mol. The van der Waals surface area contributed by atoms with Crippen LogP contribution in [0.5, 0.6) is 0 Å².